The molecule has 2 aromatic rings. The first kappa shape index (κ1) is 16.7. The van der Waals surface area contributed by atoms with Crippen LogP contribution in [0.1, 0.15) is 34.0 Å². The zero-order valence-electron chi connectivity index (χ0n) is 13.7. The van der Waals surface area contributed by atoms with E-state index in [1.54, 1.807) is 12.1 Å². The normalized spacial score (nSPS) is 10.2. The van der Waals surface area contributed by atoms with Crippen LogP contribution in [0.5, 0.6) is 0 Å². The van der Waals surface area contributed by atoms with Crippen molar-refractivity contribution in [3.63, 3.8) is 0 Å². The Morgan fingerprint density at radius 2 is 1.83 bits per heavy atom. The molecule has 4 heteroatoms. The van der Waals surface area contributed by atoms with Crippen molar-refractivity contribution < 1.29 is 14.3 Å². The minimum Gasteiger partial charge on any atom is -0.452 e. The number of hydrogen-bond acceptors (Lipinski definition) is 3. The summed E-state index contributed by atoms with van der Waals surface area (Å²) in [6.07, 6.45) is 0.894. The van der Waals surface area contributed by atoms with E-state index < -0.39 is 5.97 Å². The standard InChI is InChI=1S/C19H21NO3/c1-4-15-6-5-7-17(11-15)20-18(21)12-23-19(22)16-9-8-13(2)14(3)10-16/h5-11H,4,12H2,1-3H3,(H,20,21). The van der Waals surface area contributed by atoms with E-state index in [0.717, 1.165) is 23.1 Å². The van der Waals surface area contributed by atoms with E-state index in [9.17, 15) is 9.59 Å². The number of nitrogens with one attached hydrogen (secondary N) is 1. The molecule has 0 saturated carbocycles. The van der Waals surface area contributed by atoms with Crippen LogP contribution in [0.3, 0.4) is 0 Å². The lowest BCUT2D eigenvalue weighted by Crippen LogP contribution is -2.21. The van der Waals surface area contributed by atoms with Crippen molar-refractivity contribution in [1.29, 1.82) is 0 Å². The number of ether oxygens (including phenoxy) is 1. The molecule has 0 fully saturated rings. The van der Waals surface area contributed by atoms with Crippen LogP contribution in [0, 0.1) is 13.8 Å². The summed E-state index contributed by atoms with van der Waals surface area (Å²) in [5.74, 6) is -0.846. The summed E-state index contributed by atoms with van der Waals surface area (Å²) in [6.45, 7) is 5.65. The molecule has 1 amide bonds. The van der Waals surface area contributed by atoms with E-state index in [2.05, 4.69) is 5.32 Å². The van der Waals surface area contributed by atoms with Crippen LogP contribution in [-0.4, -0.2) is 18.5 Å². The molecule has 0 heterocycles. The second kappa shape index (κ2) is 7.58. The molecule has 0 bridgehead atoms. The number of rotatable bonds is 5. The van der Waals surface area contributed by atoms with Crippen LogP contribution in [-0.2, 0) is 16.0 Å². The van der Waals surface area contributed by atoms with Gasteiger partial charge in [-0.2, -0.15) is 0 Å². The number of carbonyl (C=O) groups excluding carboxylic acids is 2. The number of esters is 1. The molecule has 2 rings (SSSR count). The Hall–Kier alpha value is -2.62. The Morgan fingerprint density at radius 3 is 2.52 bits per heavy atom. The SMILES string of the molecule is CCc1cccc(NC(=O)COC(=O)c2ccc(C)c(C)c2)c1. The number of hydrogen-bond donors (Lipinski definition) is 1. The molecule has 0 aliphatic heterocycles. The third kappa shape index (κ3) is 4.68. The fourth-order valence-electron chi connectivity index (χ4n) is 2.15. The lowest BCUT2D eigenvalue weighted by molar-refractivity contribution is -0.119. The Labute approximate surface area is 136 Å². The Balaban J connectivity index is 1.90. The third-order valence-electron chi connectivity index (χ3n) is 3.70. The molecular formula is C19H21NO3. The van der Waals surface area contributed by atoms with Gasteiger partial charge in [-0.15, -0.1) is 0 Å². The lowest BCUT2D eigenvalue weighted by atomic mass is 10.1. The van der Waals surface area contributed by atoms with E-state index >= 15 is 0 Å². The predicted octanol–water partition coefficient (Wildman–Crippen LogP) is 3.66. The van der Waals surface area contributed by atoms with Gasteiger partial charge >= 0.3 is 5.97 Å². The average molecular weight is 311 g/mol. The van der Waals surface area contributed by atoms with Crippen LogP contribution in [0.4, 0.5) is 5.69 Å². The molecule has 0 spiro atoms. The number of benzene rings is 2. The summed E-state index contributed by atoms with van der Waals surface area (Å²) in [7, 11) is 0. The second-order valence-corrected chi connectivity index (χ2v) is 5.48. The summed E-state index contributed by atoms with van der Waals surface area (Å²) in [5.41, 5.74) is 4.41. The van der Waals surface area contributed by atoms with Crippen LogP contribution in [0.2, 0.25) is 0 Å². The average Bonchev–Trinajstić information content (AvgIpc) is 2.55. The minimum atomic E-state index is -0.495. The molecule has 0 saturated heterocycles. The van der Waals surface area contributed by atoms with Gasteiger partial charge in [0.05, 0.1) is 5.56 Å². The van der Waals surface area contributed by atoms with E-state index in [1.807, 2.05) is 51.1 Å². The highest BCUT2D eigenvalue weighted by Gasteiger charge is 2.11. The third-order valence-corrected chi connectivity index (χ3v) is 3.70. The zero-order valence-corrected chi connectivity index (χ0v) is 13.7. The summed E-state index contributed by atoms with van der Waals surface area (Å²) in [6, 6.07) is 12.9. The summed E-state index contributed by atoms with van der Waals surface area (Å²) < 4.78 is 5.06. The number of amides is 1. The van der Waals surface area contributed by atoms with E-state index in [0.29, 0.717) is 11.3 Å². The van der Waals surface area contributed by atoms with Crippen LogP contribution in [0.15, 0.2) is 42.5 Å². The maximum atomic E-state index is 12.0. The van der Waals surface area contributed by atoms with Crippen molar-refractivity contribution >= 4 is 17.6 Å². The molecule has 0 atom stereocenters. The van der Waals surface area contributed by atoms with Crippen molar-refractivity contribution in [3.8, 4) is 0 Å². The first-order valence-electron chi connectivity index (χ1n) is 7.62. The predicted molar refractivity (Wildman–Crippen MR) is 90.6 cm³/mol. The molecule has 0 radical (unpaired) electrons. The molecule has 120 valence electrons. The highest BCUT2D eigenvalue weighted by atomic mass is 16.5. The van der Waals surface area contributed by atoms with Crippen LogP contribution < -0.4 is 5.32 Å². The molecule has 0 aliphatic carbocycles. The summed E-state index contributed by atoms with van der Waals surface area (Å²) in [5, 5.41) is 2.73. The van der Waals surface area contributed by atoms with Gasteiger partial charge in [-0.1, -0.05) is 25.1 Å². The Morgan fingerprint density at radius 1 is 1.04 bits per heavy atom. The van der Waals surface area contributed by atoms with Gasteiger partial charge in [0.2, 0.25) is 0 Å². The first-order chi connectivity index (χ1) is 11.0. The quantitative estimate of drug-likeness (QED) is 0.857. The molecule has 23 heavy (non-hydrogen) atoms. The van der Waals surface area contributed by atoms with Crippen molar-refractivity contribution in [2.45, 2.75) is 27.2 Å². The second-order valence-electron chi connectivity index (χ2n) is 5.48. The maximum Gasteiger partial charge on any atom is 0.338 e. The molecular weight excluding hydrogens is 290 g/mol. The van der Waals surface area contributed by atoms with E-state index in [-0.39, 0.29) is 12.5 Å². The van der Waals surface area contributed by atoms with Gasteiger partial charge in [0.15, 0.2) is 6.61 Å². The monoisotopic (exact) mass is 311 g/mol. The number of aryl methyl sites for hydroxylation is 3. The molecule has 4 nitrogen and oxygen atoms in total. The highest BCUT2D eigenvalue weighted by Crippen LogP contribution is 2.12. The van der Waals surface area contributed by atoms with Crippen molar-refractivity contribution in [2.75, 3.05) is 11.9 Å². The molecule has 1 N–H and O–H groups in total. The largest absolute Gasteiger partial charge is 0.452 e. The van der Waals surface area contributed by atoms with E-state index in [4.69, 9.17) is 4.74 Å². The van der Waals surface area contributed by atoms with Crippen LogP contribution in [0.25, 0.3) is 0 Å². The summed E-state index contributed by atoms with van der Waals surface area (Å²) in [4.78, 5) is 23.8. The summed E-state index contributed by atoms with van der Waals surface area (Å²) >= 11 is 0. The van der Waals surface area contributed by atoms with Gasteiger partial charge in [-0.25, -0.2) is 4.79 Å². The van der Waals surface area contributed by atoms with Gasteiger partial charge in [0, 0.05) is 5.69 Å². The Kier molecular flexibility index (Phi) is 5.52. The molecule has 0 unspecified atom stereocenters. The van der Waals surface area contributed by atoms with E-state index in [1.165, 1.54) is 0 Å². The van der Waals surface area contributed by atoms with Crippen molar-refractivity contribution in [2.24, 2.45) is 0 Å². The topological polar surface area (TPSA) is 55.4 Å². The maximum absolute atomic E-state index is 12.0. The molecule has 2 aromatic carbocycles. The van der Waals surface area contributed by atoms with Gasteiger partial charge in [0.25, 0.3) is 5.91 Å². The lowest BCUT2D eigenvalue weighted by Gasteiger charge is -2.08. The fourth-order valence-corrected chi connectivity index (χ4v) is 2.15. The van der Waals surface area contributed by atoms with Gasteiger partial charge < -0.3 is 10.1 Å². The van der Waals surface area contributed by atoms with Crippen molar-refractivity contribution in [1.82, 2.24) is 0 Å². The first-order valence-corrected chi connectivity index (χ1v) is 7.62. The smallest absolute Gasteiger partial charge is 0.338 e. The fraction of sp³-hybridized carbons (Fsp3) is 0.263. The molecule has 0 aliphatic rings. The van der Waals surface area contributed by atoms with Gasteiger partial charge in [-0.05, 0) is 61.2 Å². The van der Waals surface area contributed by atoms with Gasteiger partial charge in [-0.3, -0.25) is 4.79 Å². The Bertz CT molecular complexity index is 722. The number of carbonyl (C=O) groups is 2. The number of anilines is 1. The zero-order chi connectivity index (χ0) is 16.8. The molecule has 0 aromatic heterocycles. The van der Waals surface area contributed by atoms with Gasteiger partial charge in [0.1, 0.15) is 0 Å². The minimum absolute atomic E-state index is 0.303. The highest BCUT2D eigenvalue weighted by molar-refractivity contribution is 5.95. The van der Waals surface area contributed by atoms with Crippen molar-refractivity contribution in [3.05, 3.63) is 64.7 Å². The van der Waals surface area contributed by atoms with Crippen LogP contribution >= 0.6 is 0 Å².